The first-order chi connectivity index (χ1) is 11.0. The highest BCUT2D eigenvalue weighted by molar-refractivity contribution is 5.85. The Labute approximate surface area is 162 Å². The number of amides is 1. The van der Waals surface area contributed by atoms with E-state index in [-0.39, 0.29) is 42.6 Å². The Balaban J connectivity index is 0.00000288. The van der Waals surface area contributed by atoms with E-state index >= 15 is 0 Å². The number of hydrogen-bond acceptors (Lipinski definition) is 3. The number of halogens is 3. The minimum absolute atomic E-state index is 0. The van der Waals surface area contributed by atoms with E-state index < -0.39 is 5.41 Å². The van der Waals surface area contributed by atoms with Gasteiger partial charge in [0.15, 0.2) is 0 Å². The van der Waals surface area contributed by atoms with Crippen molar-refractivity contribution in [3.05, 3.63) is 30.1 Å². The maximum Gasteiger partial charge on any atom is 0.227 e. The van der Waals surface area contributed by atoms with Gasteiger partial charge in [0.25, 0.3) is 0 Å². The highest BCUT2D eigenvalue weighted by Gasteiger charge is 2.35. The van der Waals surface area contributed by atoms with E-state index in [0.29, 0.717) is 13.1 Å². The molecule has 4 nitrogen and oxygen atoms in total. The molecular weight excluding hydrogens is 364 g/mol. The molecule has 1 atom stereocenters. The number of carbonyl (C=O) groups is 1. The Morgan fingerprint density at radius 3 is 2.60 bits per heavy atom. The van der Waals surface area contributed by atoms with E-state index in [0.717, 1.165) is 37.9 Å². The van der Waals surface area contributed by atoms with Crippen molar-refractivity contribution in [1.29, 1.82) is 0 Å². The minimum atomic E-state index is -0.471. The second-order valence-corrected chi connectivity index (χ2v) is 6.43. The second-order valence-electron chi connectivity index (χ2n) is 6.43. The SMILES string of the molecule is CCC(CC)(CN)C(=O)NC1CCCN(c2cccc(F)c2)C1.Cl.Cl. The van der Waals surface area contributed by atoms with Gasteiger partial charge in [-0.15, -0.1) is 24.8 Å². The van der Waals surface area contributed by atoms with Gasteiger partial charge in [-0.1, -0.05) is 19.9 Å². The molecule has 1 aliphatic rings. The first kappa shape index (κ1) is 24.0. The van der Waals surface area contributed by atoms with Gasteiger partial charge in [-0.25, -0.2) is 4.39 Å². The normalized spacial score (nSPS) is 17.3. The quantitative estimate of drug-likeness (QED) is 0.776. The van der Waals surface area contributed by atoms with Gasteiger partial charge in [0.2, 0.25) is 5.91 Å². The van der Waals surface area contributed by atoms with Crippen LogP contribution in [0.25, 0.3) is 0 Å². The third-order valence-electron chi connectivity index (χ3n) is 5.16. The summed E-state index contributed by atoms with van der Waals surface area (Å²) in [5.41, 5.74) is 6.26. The van der Waals surface area contributed by atoms with Crippen LogP contribution in [0.1, 0.15) is 39.5 Å². The number of nitrogens with two attached hydrogens (primary N) is 1. The number of carbonyl (C=O) groups excluding carboxylic acids is 1. The lowest BCUT2D eigenvalue weighted by Crippen LogP contribution is -2.53. The van der Waals surface area contributed by atoms with Gasteiger partial charge in [-0.3, -0.25) is 4.79 Å². The smallest absolute Gasteiger partial charge is 0.227 e. The lowest BCUT2D eigenvalue weighted by atomic mass is 9.81. The van der Waals surface area contributed by atoms with E-state index in [9.17, 15) is 9.18 Å². The lowest BCUT2D eigenvalue weighted by molar-refractivity contribution is -0.131. The van der Waals surface area contributed by atoms with Crippen molar-refractivity contribution < 1.29 is 9.18 Å². The standard InChI is InChI=1S/C18H28FN3O.2ClH/c1-3-18(4-2,13-20)17(23)21-15-8-6-10-22(12-15)16-9-5-7-14(19)11-16;;/h5,7,9,11,15H,3-4,6,8,10,12-13,20H2,1-2H3,(H,21,23);2*1H. The third-order valence-corrected chi connectivity index (χ3v) is 5.16. The molecule has 1 aromatic carbocycles. The lowest BCUT2D eigenvalue weighted by Gasteiger charge is -2.37. The van der Waals surface area contributed by atoms with Gasteiger partial charge >= 0.3 is 0 Å². The van der Waals surface area contributed by atoms with Gasteiger partial charge in [-0.2, -0.15) is 0 Å². The summed E-state index contributed by atoms with van der Waals surface area (Å²) in [6.45, 7) is 5.99. The van der Waals surface area contributed by atoms with Crippen molar-refractivity contribution in [3.63, 3.8) is 0 Å². The fourth-order valence-corrected chi connectivity index (χ4v) is 3.29. The molecule has 1 unspecified atom stereocenters. The topological polar surface area (TPSA) is 58.4 Å². The Morgan fingerprint density at radius 2 is 2.04 bits per heavy atom. The highest BCUT2D eigenvalue weighted by Crippen LogP contribution is 2.26. The van der Waals surface area contributed by atoms with E-state index in [1.807, 2.05) is 19.9 Å². The molecule has 1 fully saturated rings. The molecule has 25 heavy (non-hydrogen) atoms. The van der Waals surface area contributed by atoms with E-state index in [2.05, 4.69) is 10.2 Å². The number of nitrogens with one attached hydrogen (secondary N) is 1. The number of benzene rings is 1. The number of nitrogens with zero attached hydrogens (tertiary/aromatic N) is 1. The van der Waals surface area contributed by atoms with Crippen LogP contribution in [0.15, 0.2) is 24.3 Å². The Kier molecular flexibility index (Phi) is 10.4. The van der Waals surface area contributed by atoms with Crippen LogP contribution in [0.3, 0.4) is 0 Å². The van der Waals surface area contributed by atoms with Crippen molar-refractivity contribution in [2.24, 2.45) is 11.1 Å². The fraction of sp³-hybridized carbons (Fsp3) is 0.611. The van der Waals surface area contributed by atoms with Crippen molar-refractivity contribution in [2.75, 3.05) is 24.5 Å². The van der Waals surface area contributed by atoms with Gasteiger partial charge in [0.05, 0.1) is 5.41 Å². The summed E-state index contributed by atoms with van der Waals surface area (Å²) >= 11 is 0. The van der Waals surface area contributed by atoms with Gasteiger partial charge in [-0.05, 0) is 43.9 Å². The zero-order valence-corrected chi connectivity index (χ0v) is 16.6. The summed E-state index contributed by atoms with van der Waals surface area (Å²) < 4.78 is 13.4. The van der Waals surface area contributed by atoms with Crippen LogP contribution in [0.4, 0.5) is 10.1 Å². The predicted octanol–water partition coefficient (Wildman–Crippen LogP) is 3.52. The monoisotopic (exact) mass is 393 g/mol. The van der Waals surface area contributed by atoms with E-state index in [1.54, 1.807) is 12.1 Å². The number of anilines is 1. The van der Waals surface area contributed by atoms with E-state index in [4.69, 9.17) is 5.73 Å². The average Bonchev–Trinajstić information content (AvgIpc) is 2.57. The molecule has 3 N–H and O–H groups in total. The second kappa shape index (κ2) is 10.8. The summed E-state index contributed by atoms with van der Waals surface area (Å²) in [6, 6.07) is 6.72. The van der Waals surface area contributed by atoms with Crippen LogP contribution in [0.5, 0.6) is 0 Å². The number of rotatable bonds is 6. The molecule has 0 aliphatic carbocycles. The zero-order chi connectivity index (χ0) is 16.9. The molecule has 0 radical (unpaired) electrons. The van der Waals surface area contributed by atoms with Gasteiger partial charge in [0, 0.05) is 31.4 Å². The van der Waals surface area contributed by atoms with Crippen molar-refractivity contribution in [3.8, 4) is 0 Å². The van der Waals surface area contributed by atoms with Gasteiger partial charge < -0.3 is 16.0 Å². The average molecular weight is 394 g/mol. The third kappa shape index (κ3) is 5.73. The predicted molar refractivity (Wildman–Crippen MR) is 106 cm³/mol. The molecule has 1 aliphatic heterocycles. The molecule has 7 heteroatoms. The number of piperidine rings is 1. The maximum absolute atomic E-state index is 13.4. The first-order valence-corrected chi connectivity index (χ1v) is 8.56. The van der Waals surface area contributed by atoms with E-state index in [1.165, 1.54) is 6.07 Å². The molecule has 144 valence electrons. The minimum Gasteiger partial charge on any atom is -0.369 e. The molecule has 2 rings (SSSR count). The first-order valence-electron chi connectivity index (χ1n) is 8.56. The zero-order valence-electron chi connectivity index (χ0n) is 15.0. The van der Waals surface area contributed by atoms with Crippen LogP contribution >= 0.6 is 24.8 Å². The van der Waals surface area contributed by atoms with Crippen LogP contribution in [0.2, 0.25) is 0 Å². The largest absolute Gasteiger partial charge is 0.369 e. The van der Waals surface area contributed by atoms with Crippen LogP contribution < -0.4 is 16.0 Å². The molecule has 0 bridgehead atoms. The fourth-order valence-electron chi connectivity index (χ4n) is 3.29. The summed E-state index contributed by atoms with van der Waals surface area (Å²) in [6.07, 6.45) is 3.42. The molecule has 1 heterocycles. The molecule has 0 saturated carbocycles. The highest BCUT2D eigenvalue weighted by atomic mass is 35.5. The molecule has 1 amide bonds. The van der Waals surface area contributed by atoms with Crippen molar-refractivity contribution in [1.82, 2.24) is 5.32 Å². The molecule has 1 aromatic rings. The summed E-state index contributed by atoms with van der Waals surface area (Å²) in [5, 5.41) is 3.17. The summed E-state index contributed by atoms with van der Waals surface area (Å²) in [5.74, 6) is -0.177. The molecule has 1 saturated heterocycles. The number of hydrogen-bond donors (Lipinski definition) is 2. The van der Waals surface area contributed by atoms with Crippen LogP contribution in [0, 0.1) is 11.2 Å². The molecule has 0 aromatic heterocycles. The van der Waals surface area contributed by atoms with Crippen LogP contribution in [-0.2, 0) is 4.79 Å². The Bertz CT molecular complexity index is 533. The Morgan fingerprint density at radius 1 is 1.36 bits per heavy atom. The maximum atomic E-state index is 13.4. The van der Waals surface area contributed by atoms with Gasteiger partial charge in [0.1, 0.15) is 5.82 Å². The van der Waals surface area contributed by atoms with Crippen LogP contribution in [-0.4, -0.2) is 31.6 Å². The summed E-state index contributed by atoms with van der Waals surface area (Å²) in [4.78, 5) is 14.8. The molecule has 0 spiro atoms. The summed E-state index contributed by atoms with van der Waals surface area (Å²) in [7, 11) is 0. The van der Waals surface area contributed by atoms with Crippen molar-refractivity contribution in [2.45, 2.75) is 45.6 Å². The van der Waals surface area contributed by atoms with Crippen molar-refractivity contribution >= 4 is 36.4 Å². The Hall–Kier alpha value is -1.04. The molecular formula is C18H30Cl2FN3O.